The molecule has 162 valence electrons. The molecule has 31 heavy (non-hydrogen) atoms. The van der Waals surface area contributed by atoms with E-state index in [1.165, 1.54) is 9.71 Å². The number of ether oxygens (including phenoxy) is 1. The number of carbonyl (C=O) groups excluding carboxylic acids is 2. The number of nitrogens with one attached hydrogen (secondary N) is 1. The average molecular weight is 439 g/mol. The van der Waals surface area contributed by atoms with Crippen LogP contribution >= 0.6 is 11.3 Å². The van der Waals surface area contributed by atoms with Crippen molar-refractivity contribution in [2.75, 3.05) is 26.2 Å². The summed E-state index contributed by atoms with van der Waals surface area (Å²) in [6.07, 6.45) is 2.06. The molecule has 1 saturated heterocycles. The van der Waals surface area contributed by atoms with Gasteiger partial charge in [-0.15, -0.1) is 11.3 Å². The molecule has 0 radical (unpaired) electrons. The summed E-state index contributed by atoms with van der Waals surface area (Å²) in [4.78, 5) is 30.1. The number of rotatable bonds is 8. The van der Waals surface area contributed by atoms with Crippen LogP contribution in [0.2, 0.25) is 0 Å². The Morgan fingerprint density at radius 2 is 1.87 bits per heavy atom. The fourth-order valence-corrected chi connectivity index (χ4v) is 4.86. The van der Waals surface area contributed by atoms with Crippen molar-refractivity contribution in [3.05, 3.63) is 59.1 Å². The summed E-state index contributed by atoms with van der Waals surface area (Å²) in [7, 11) is 0. The largest absolute Gasteiger partial charge is 0.484 e. The molecule has 2 aromatic carbocycles. The predicted octanol–water partition coefficient (Wildman–Crippen LogP) is 2.66. The molecule has 1 aliphatic heterocycles. The first-order chi connectivity index (χ1) is 15.1. The number of piperidine rings is 1. The number of aromatic nitrogens is 1. The predicted molar refractivity (Wildman–Crippen MR) is 121 cm³/mol. The van der Waals surface area contributed by atoms with Gasteiger partial charge in [-0.05, 0) is 55.8 Å². The fourth-order valence-electron chi connectivity index (χ4n) is 3.72. The van der Waals surface area contributed by atoms with Gasteiger partial charge in [0.25, 0.3) is 5.91 Å². The molecular formula is C23H26N4O3S. The van der Waals surface area contributed by atoms with Gasteiger partial charge < -0.3 is 15.8 Å². The molecule has 1 aromatic heterocycles. The molecule has 1 aliphatic rings. The van der Waals surface area contributed by atoms with E-state index in [2.05, 4.69) is 28.4 Å². The van der Waals surface area contributed by atoms with Crippen molar-refractivity contribution in [2.45, 2.75) is 25.3 Å². The minimum atomic E-state index is -0.513. The van der Waals surface area contributed by atoms with E-state index in [1.807, 2.05) is 18.2 Å². The van der Waals surface area contributed by atoms with Crippen LogP contribution in [0.5, 0.6) is 5.75 Å². The van der Waals surface area contributed by atoms with Crippen LogP contribution in [0.4, 0.5) is 0 Å². The molecule has 4 rings (SSSR count). The summed E-state index contributed by atoms with van der Waals surface area (Å²) in [6, 6.07) is 15.5. The van der Waals surface area contributed by atoms with Crippen LogP contribution in [0.1, 0.15) is 29.3 Å². The van der Waals surface area contributed by atoms with Crippen LogP contribution < -0.4 is 15.8 Å². The van der Waals surface area contributed by atoms with E-state index in [0.717, 1.165) is 37.0 Å². The number of para-hydroxylation sites is 1. The summed E-state index contributed by atoms with van der Waals surface area (Å²) in [5.41, 5.74) is 7.11. The van der Waals surface area contributed by atoms with Crippen LogP contribution in [-0.2, 0) is 16.1 Å². The zero-order chi connectivity index (χ0) is 21.6. The Balaban J connectivity index is 1.20. The zero-order valence-corrected chi connectivity index (χ0v) is 18.1. The molecular weight excluding hydrogens is 412 g/mol. The Kier molecular flexibility index (Phi) is 6.79. The van der Waals surface area contributed by atoms with Crippen molar-refractivity contribution in [3.8, 4) is 5.75 Å². The first kappa shape index (κ1) is 21.3. The monoisotopic (exact) mass is 438 g/mol. The Hall–Kier alpha value is -2.97. The topological polar surface area (TPSA) is 97.6 Å². The molecule has 0 unspecified atom stereocenters. The lowest BCUT2D eigenvalue weighted by atomic mass is 9.97. The van der Waals surface area contributed by atoms with Gasteiger partial charge in [-0.1, -0.05) is 24.3 Å². The lowest BCUT2D eigenvalue weighted by Crippen LogP contribution is -2.41. The number of benzene rings is 2. The molecule has 2 amide bonds. The van der Waals surface area contributed by atoms with Crippen molar-refractivity contribution >= 4 is 33.4 Å². The van der Waals surface area contributed by atoms with Crippen molar-refractivity contribution in [3.63, 3.8) is 0 Å². The maximum Gasteiger partial charge on any atom is 0.255 e. The molecule has 2 heterocycles. The maximum absolute atomic E-state index is 12.4. The third-order valence-electron chi connectivity index (χ3n) is 5.41. The van der Waals surface area contributed by atoms with Crippen LogP contribution in [0.25, 0.3) is 10.2 Å². The molecule has 0 aliphatic carbocycles. The lowest BCUT2D eigenvalue weighted by Gasteiger charge is -2.30. The number of nitrogens with two attached hydrogens (primary N) is 1. The fraction of sp³-hybridized carbons (Fsp3) is 0.348. The van der Waals surface area contributed by atoms with E-state index in [0.29, 0.717) is 24.8 Å². The minimum Gasteiger partial charge on any atom is -0.484 e. The number of hydrogen-bond donors (Lipinski definition) is 2. The number of amides is 2. The standard InChI is InChI=1S/C23H26N4O3S/c24-21(28)15-30-18-7-5-16(6-8-18)13-25-22(29)14-27-11-9-17(10-12-27)23-26-19-3-1-2-4-20(19)31-23/h1-8,17H,9-15H2,(H2,24,28)(H,25,29). The third kappa shape index (κ3) is 5.80. The van der Waals surface area contributed by atoms with Gasteiger partial charge in [-0.2, -0.15) is 0 Å². The maximum atomic E-state index is 12.4. The van der Waals surface area contributed by atoms with Crippen molar-refractivity contribution < 1.29 is 14.3 Å². The van der Waals surface area contributed by atoms with E-state index in [1.54, 1.807) is 23.5 Å². The van der Waals surface area contributed by atoms with Crippen LogP contribution in [0.15, 0.2) is 48.5 Å². The van der Waals surface area contributed by atoms with E-state index in [9.17, 15) is 9.59 Å². The Bertz CT molecular complexity index is 1010. The second kappa shape index (κ2) is 9.89. The van der Waals surface area contributed by atoms with E-state index >= 15 is 0 Å². The van der Waals surface area contributed by atoms with E-state index < -0.39 is 5.91 Å². The summed E-state index contributed by atoms with van der Waals surface area (Å²) < 4.78 is 6.48. The van der Waals surface area contributed by atoms with E-state index in [4.69, 9.17) is 15.5 Å². The van der Waals surface area contributed by atoms with Crippen LogP contribution in [0, 0.1) is 0 Å². The highest BCUT2D eigenvalue weighted by molar-refractivity contribution is 7.18. The van der Waals surface area contributed by atoms with Crippen molar-refractivity contribution in [2.24, 2.45) is 5.73 Å². The normalized spacial score (nSPS) is 15.1. The van der Waals surface area contributed by atoms with Crippen molar-refractivity contribution in [1.82, 2.24) is 15.2 Å². The highest BCUT2D eigenvalue weighted by Crippen LogP contribution is 2.33. The number of thiazole rings is 1. The zero-order valence-electron chi connectivity index (χ0n) is 17.3. The first-order valence-corrected chi connectivity index (χ1v) is 11.2. The Morgan fingerprint density at radius 3 is 2.58 bits per heavy atom. The molecule has 8 heteroatoms. The number of nitrogens with zero attached hydrogens (tertiary/aromatic N) is 2. The van der Waals surface area contributed by atoms with Gasteiger partial charge in [0.05, 0.1) is 21.8 Å². The Labute approximate surface area is 185 Å². The highest BCUT2D eigenvalue weighted by atomic mass is 32.1. The minimum absolute atomic E-state index is 0.0208. The van der Waals surface area contributed by atoms with Gasteiger partial charge in [-0.3, -0.25) is 14.5 Å². The lowest BCUT2D eigenvalue weighted by molar-refractivity contribution is -0.122. The van der Waals surface area contributed by atoms with Gasteiger partial charge in [-0.25, -0.2) is 4.98 Å². The summed E-state index contributed by atoms with van der Waals surface area (Å²) in [6.45, 7) is 2.52. The molecule has 3 N–H and O–H groups in total. The van der Waals surface area contributed by atoms with Gasteiger partial charge >= 0.3 is 0 Å². The number of hydrogen-bond acceptors (Lipinski definition) is 6. The number of likely N-dealkylation sites (tertiary alicyclic amines) is 1. The van der Waals surface area contributed by atoms with Gasteiger partial charge in [0, 0.05) is 12.5 Å². The van der Waals surface area contributed by atoms with Gasteiger partial charge in [0.1, 0.15) is 5.75 Å². The average Bonchev–Trinajstić information content (AvgIpc) is 3.22. The second-order valence-corrected chi connectivity index (χ2v) is 8.81. The van der Waals surface area contributed by atoms with Gasteiger partial charge in [0.2, 0.25) is 5.91 Å². The number of carbonyl (C=O) groups is 2. The first-order valence-electron chi connectivity index (χ1n) is 10.4. The van der Waals surface area contributed by atoms with Gasteiger partial charge in [0.15, 0.2) is 6.61 Å². The Morgan fingerprint density at radius 1 is 1.13 bits per heavy atom. The second-order valence-electron chi connectivity index (χ2n) is 7.75. The number of fused-ring (bicyclic) bond motifs is 1. The van der Waals surface area contributed by atoms with E-state index in [-0.39, 0.29) is 12.5 Å². The molecule has 0 atom stereocenters. The quantitative estimate of drug-likeness (QED) is 0.564. The third-order valence-corrected chi connectivity index (χ3v) is 6.61. The molecule has 1 fully saturated rings. The molecule has 0 saturated carbocycles. The highest BCUT2D eigenvalue weighted by Gasteiger charge is 2.24. The molecule has 0 bridgehead atoms. The number of primary amides is 1. The molecule has 0 spiro atoms. The van der Waals surface area contributed by atoms with Crippen molar-refractivity contribution in [1.29, 1.82) is 0 Å². The summed E-state index contributed by atoms with van der Waals surface area (Å²) in [5.74, 6) is 0.560. The molecule has 3 aromatic rings. The molecule has 7 nitrogen and oxygen atoms in total. The summed E-state index contributed by atoms with van der Waals surface area (Å²) >= 11 is 1.79. The van der Waals surface area contributed by atoms with Crippen LogP contribution in [-0.4, -0.2) is 47.9 Å². The SMILES string of the molecule is NC(=O)COc1ccc(CNC(=O)CN2CCC(c3nc4ccccc4s3)CC2)cc1. The van der Waals surface area contributed by atoms with Crippen LogP contribution in [0.3, 0.4) is 0 Å². The summed E-state index contributed by atoms with van der Waals surface area (Å²) in [5, 5.41) is 4.19. The smallest absolute Gasteiger partial charge is 0.255 e.